The van der Waals surface area contributed by atoms with Crippen LogP contribution in [0.3, 0.4) is 0 Å². The third-order valence-electron chi connectivity index (χ3n) is 10.1. The van der Waals surface area contributed by atoms with Crippen molar-refractivity contribution in [3.8, 4) is 0 Å². The second-order valence-electron chi connectivity index (χ2n) is 13.8. The van der Waals surface area contributed by atoms with Gasteiger partial charge in [0.05, 0.1) is 18.5 Å². The minimum atomic E-state index is -2.67. The highest BCUT2D eigenvalue weighted by Gasteiger charge is 2.51. The van der Waals surface area contributed by atoms with Crippen LogP contribution >= 0.6 is 0 Å². The van der Waals surface area contributed by atoms with Gasteiger partial charge < -0.3 is 9.80 Å². The maximum Gasteiger partial charge on any atom is 0.853 e. The Morgan fingerprint density at radius 1 is 0.456 bits per heavy atom. The van der Waals surface area contributed by atoms with Crippen LogP contribution in [0.1, 0.15) is 11.1 Å². The number of allylic oxidation sites excluding steroid dienone is 7. The summed E-state index contributed by atoms with van der Waals surface area (Å²) in [5.41, 5.74) is 10.6. The summed E-state index contributed by atoms with van der Waals surface area (Å²) < 4.78 is 29.2. The van der Waals surface area contributed by atoms with Crippen molar-refractivity contribution in [3.05, 3.63) is 241 Å². The number of hydrogen-bond acceptors (Lipinski definition) is 3. The van der Waals surface area contributed by atoms with E-state index in [9.17, 15) is 8.63 Å². The molecule has 0 spiro atoms. The average molecular weight is 746 g/mol. The Hall–Kier alpha value is -7.09. The molecule has 2 aliphatic rings. The van der Waals surface area contributed by atoms with Crippen LogP contribution < -0.4 is 9.80 Å². The molecule has 7 heteroatoms. The number of rotatable bonds is 12. The standard InChI is InChI=1S/C50H40BF2N4/c1-57(51(52)53)49(35-27-40-25-33-48(34-26-40)56(45-18-10-4-11-19-45)46-20-12-5-13-21-46)36-37-50(57)38-42-30-29-41(54-42)28-22-39-23-31-47(32-24-39)55(43-14-6-2-7-15-43)44-16-8-3-9-17-44/h2-38H,1H3/q+1/b28-22+,35-27+,42-38-/t57-/m0/s1. The molecular weight excluding hydrogens is 705 g/mol. The van der Waals surface area contributed by atoms with Gasteiger partial charge >= 0.3 is 7.40 Å². The summed E-state index contributed by atoms with van der Waals surface area (Å²) in [5, 5.41) is 0. The molecule has 0 bridgehead atoms. The normalized spacial score (nSPS) is 16.9. The summed E-state index contributed by atoms with van der Waals surface area (Å²) in [6, 6.07) is 57.5. The molecule has 0 fully saturated rings. The molecule has 0 unspecified atom stereocenters. The monoisotopic (exact) mass is 745 g/mol. The van der Waals surface area contributed by atoms with E-state index in [4.69, 9.17) is 4.99 Å². The minimum absolute atomic E-state index is 0.465. The molecular formula is C50H40BF2N4+. The SMILES string of the molecule is C[N@@+]1(B(F)F)C(/C=C2/C=CC(/C=C/c3ccc(N(c4ccccc4)c4ccccc4)cc3)=N2)=CC=C1/C=C/c1ccc(N(c2ccccc2)c2ccccc2)cc1. The van der Waals surface area contributed by atoms with Gasteiger partial charge in [-0.1, -0.05) is 103 Å². The van der Waals surface area contributed by atoms with Crippen LogP contribution in [0.15, 0.2) is 234 Å². The van der Waals surface area contributed by atoms with Gasteiger partial charge in [0.25, 0.3) is 0 Å². The molecule has 0 aromatic heterocycles. The number of para-hydroxylation sites is 4. The van der Waals surface area contributed by atoms with Gasteiger partial charge in [0.2, 0.25) is 0 Å². The molecule has 0 saturated carbocycles. The lowest BCUT2D eigenvalue weighted by Gasteiger charge is -2.29. The van der Waals surface area contributed by atoms with Crippen LogP contribution in [0.25, 0.3) is 12.2 Å². The largest absolute Gasteiger partial charge is 0.853 e. The van der Waals surface area contributed by atoms with E-state index in [1.165, 1.54) is 0 Å². The molecule has 2 heterocycles. The molecule has 1 atom stereocenters. The van der Waals surface area contributed by atoms with Crippen molar-refractivity contribution in [2.75, 3.05) is 16.8 Å². The van der Waals surface area contributed by atoms with E-state index in [0.29, 0.717) is 17.1 Å². The van der Waals surface area contributed by atoms with E-state index in [1.54, 1.807) is 31.4 Å². The average Bonchev–Trinajstić information content (AvgIpc) is 3.85. The van der Waals surface area contributed by atoms with Crippen molar-refractivity contribution in [3.63, 3.8) is 0 Å². The highest BCUT2D eigenvalue weighted by Crippen LogP contribution is 2.38. The fourth-order valence-electron chi connectivity index (χ4n) is 7.00. The number of anilines is 6. The molecule has 6 aromatic carbocycles. The van der Waals surface area contributed by atoms with Crippen LogP contribution in [0.4, 0.5) is 42.8 Å². The number of quaternary nitrogens is 1. The molecule has 57 heavy (non-hydrogen) atoms. The van der Waals surface area contributed by atoms with E-state index in [2.05, 4.69) is 94.7 Å². The fourth-order valence-corrected chi connectivity index (χ4v) is 7.00. The van der Waals surface area contributed by atoms with Gasteiger partial charge in [0.1, 0.15) is 11.4 Å². The zero-order valence-electron chi connectivity index (χ0n) is 31.5. The van der Waals surface area contributed by atoms with Crippen molar-refractivity contribution >= 4 is 59.4 Å². The molecule has 0 aliphatic carbocycles. The number of hydrogen-bond donors (Lipinski definition) is 0. The Morgan fingerprint density at radius 2 is 0.842 bits per heavy atom. The zero-order chi connectivity index (χ0) is 39.0. The van der Waals surface area contributed by atoms with Crippen molar-refractivity contribution in [2.45, 2.75) is 0 Å². The Kier molecular flexibility index (Phi) is 10.8. The highest BCUT2D eigenvalue weighted by molar-refractivity contribution is 6.34. The Balaban J connectivity index is 0.946. The highest BCUT2D eigenvalue weighted by atomic mass is 19.2. The second-order valence-corrected chi connectivity index (χ2v) is 13.8. The first-order chi connectivity index (χ1) is 28.0. The lowest BCUT2D eigenvalue weighted by Crippen LogP contribution is -2.47. The number of halogens is 2. The lowest BCUT2D eigenvalue weighted by molar-refractivity contribution is -0.725. The number of aliphatic imine (C=N–C) groups is 1. The molecule has 276 valence electrons. The smallest absolute Gasteiger partial charge is 0.311 e. The summed E-state index contributed by atoms with van der Waals surface area (Å²) in [6.07, 6.45) is 16.6. The molecule has 0 N–H and O–H groups in total. The summed E-state index contributed by atoms with van der Waals surface area (Å²) in [5.74, 6) is 0. The van der Waals surface area contributed by atoms with Crippen LogP contribution in [0.2, 0.25) is 0 Å². The Morgan fingerprint density at radius 3 is 1.26 bits per heavy atom. The first-order valence-electron chi connectivity index (χ1n) is 18.9. The second kappa shape index (κ2) is 16.7. The molecule has 6 aromatic rings. The third kappa shape index (κ3) is 8.15. The van der Waals surface area contributed by atoms with Crippen LogP contribution in [-0.4, -0.2) is 24.6 Å². The van der Waals surface area contributed by atoms with Gasteiger partial charge in [-0.3, -0.25) is 4.39 Å². The van der Waals surface area contributed by atoms with E-state index < -0.39 is 11.8 Å². The molecule has 0 radical (unpaired) electrons. The van der Waals surface area contributed by atoms with Gasteiger partial charge in [0, 0.05) is 52.4 Å². The number of nitrogens with zero attached hydrogens (tertiary/aromatic N) is 4. The minimum Gasteiger partial charge on any atom is -0.311 e. The van der Waals surface area contributed by atoms with Crippen molar-refractivity contribution < 1.29 is 13.0 Å². The van der Waals surface area contributed by atoms with E-state index in [0.717, 1.165) is 51.0 Å². The molecule has 4 nitrogen and oxygen atoms in total. The van der Waals surface area contributed by atoms with E-state index in [1.807, 2.05) is 115 Å². The first kappa shape index (κ1) is 36.9. The van der Waals surface area contributed by atoms with Crippen molar-refractivity contribution in [2.24, 2.45) is 4.99 Å². The first-order valence-corrected chi connectivity index (χ1v) is 18.9. The van der Waals surface area contributed by atoms with Crippen LogP contribution in [-0.2, 0) is 0 Å². The predicted octanol–water partition coefficient (Wildman–Crippen LogP) is 13.4. The van der Waals surface area contributed by atoms with Crippen LogP contribution in [0.5, 0.6) is 0 Å². The molecule has 8 rings (SSSR count). The van der Waals surface area contributed by atoms with E-state index >= 15 is 0 Å². The summed E-state index contributed by atoms with van der Waals surface area (Å²) in [6.45, 7) is 0. The van der Waals surface area contributed by atoms with E-state index in [-0.39, 0.29) is 0 Å². The summed E-state index contributed by atoms with van der Waals surface area (Å²) in [4.78, 5) is 9.14. The Labute approximate surface area is 333 Å². The van der Waals surface area contributed by atoms with Gasteiger partial charge in [-0.15, -0.1) is 0 Å². The fraction of sp³-hybridized carbons (Fsp3) is 0.0200. The lowest BCUT2D eigenvalue weighted by atomic mass is 10.0. The molecule has 2 aliphatic heterocycles. The number of benzene rings is 6. The van der Waals surface area contributed by atoms with Crippen molar-refractivity contribution in [1.29, 1.82) is 0 Å². The summed E-state index contributed by atoms with van der Waals surface area (Å²) >= 11 is 0. The maximum atomic E-state index is 14.9. The molecule has 0 amide bonds. The third-order valence-corrected chi connectivity index (χ3v) is 10.1. The maximum absolute atomic E-state index is 14.9. The van der Waals surface area contributed by atoms with Gasteiger partial charge in [0.15, 0.2) is 0 Å². The predicted molar refractivity (Wildman–Crippen MR) is 235 cm³/mol. The summed E-state index contributed by atoms with van der Waals surface area (Å²) in [7, 11) is -1.13. The molecule has 0 saturated heterocycles. The van der Waals surface area contributed by atoms with Gasteiger partial charge in [-0.2, -0.15) is 0 Å². The van der Waals surface area contributed by atoms with Gasteiger partial charge in [-0.05, 0) is 114 Å². The topological polar surface area (TPSA) is 18.8 Å². The quantitative estimate of drug-likeness (QED) is 0.116. The van der Waals surface area contributed by atoms with Crippen LogP contribution in [0, 0.1) is 0 Å². The number of likely N-dealkylation sites (N-methyl/N-ethyl adjacent to an activating group) is 1. The van der Waals surface area contributed by atoms with Gasteiger partial charge in [-0.25, -0.2) is 13.6 Å². The zero-order valence-corrected chi connectivity index (χ0v) is 31.5. The Bertz CT molecular complexity index is 2450. The van der Waals surface area contributed by atoms with Crippen molar-refractivity contribution in [1.82, 2.24) is 0 Å².